The van der Waals surface area contributed by atoms with E-state index in [1.807, 2.05) is 37.3 Å². The molecule has 114 valence electrons. The molecular formula is C14H15BrClNO2S2. The average molecular weight is 409 g/mol. The Kier molecular flexibility index (Phi) is 5.85. The summed E-state index contributed by atoms with van der Waals surface area (Å²) in [5.41, 5.74) is 1.20. The standard InChI is InChI=1S/C14H15BrClNO2S2/c1-10(7-8-11-5-3-2-4-6-11)17-21(18,19)13-9-12(16)14(15)20-13/h2-6,9-10,17H,7-8H2,1H3. The van der Waals surface area contributed by atoms with Crippen molar-refractivity contribution < 1.29 is 8.42 Å². The van der Waals surface area contributed by atoms with Crippen molar-refractivity contribution in [1.82, 2.24) is 4.72 Å². The minimum atomic E-state index is -3.51. The molecule has 21 heavy (non-hydrogen) atoms. The first-order valence-electron chi connectivity index (χ1n) is 6.39. The number of hydrogen-bond donors (Lipinski definition) is 1. The summed E-state index contributed by atoms with van der Waals surface area (Å²) < 4.78 is 28.0. The maximum Gasteiger partial charge on any atom is 0.250 e. The molecule has 0 saturated heterocycles. The van der Waals surface area contributed by atoms with Crippen LogP contribution in [0.3, 0.4) is 0 Å². The highest BCUT2D eigenvalue weighted by Gasteiger charge is 2.21. The molecule has 2 rings (SSSR count). The van der Waals surface area contributed by atoms with Crippen LogP contribution in [0.25, 0.3) is 0 Å². The van der Waals surface area contributed by atoms with E-state index in [1.165, 1.54) is 11.6 Å². The van der Waals surface area contributed by atoms with Crippen molar-refractivity contribution in [2.45, 2.75) is 30.0 Å². The van der Waals surface area contributed by atoms with E-state index in [4.69, 9.17) is 11.6 Å². The van der Waals surface area contributed by atoms with Gasteiger partial charge in [-0.05, 0) is 47.3 Å². The van der Waals surface area contributed by atoms with Gasteiger partial charge in [-0.1, -0.05) is 41.9 Å². The molecule has 0 aliphatic rings. The van der Waals surface area contributed by atoms with Crippen LogP contribution in [0.1, 0.15) is 18.9 Å². The normalized spacial score (nSPS) is 13.3. The fraction of sp³-hybridized carbons (Fsp3) is 0.286. The zero-order chi connectivity index (χ0) is 15.5. The lowest BCUT2D eigenvalue weighted by Gasteiger charge is -2.13. The van der Waals surface area contributed by atoms with Gasteiger partial charge in [0.1, 0.15) is 4.21 Å². The van der Waals surface area contributed by atoms with Crippen LogP contribution in [0, 0.1) is 0 Å². The Morgan fingerprint density at radius 1 is 1.33 bits per heavy atom. The monoisotopic (exact) mass is 407 g/mol. The number of hydrogen-bond acceptors (Lipinski definition) is 3. The smallest absolute Gasteiger partial charge is 0.208 e. The van der Waals surface area contributed by atoms with Crippen LogP contribution >= 0.6 is 38.9 Å². The van der Waals surface area contributed by atoms with E-state index >= 15 is 0 Å². The maximum atomic E-state index is 12.2. The highest BCUT2D eigenvalue weighted by atomic mass is 79.9. The van der Waals surface area contributed by atoms with E-state index in [0.717, 1.165) is 24.2 Å². The fourth-order valence-electron chi connectivity index (χ4n) is 1.87. The second kappa shape index (κ2) is 7.24. The van der Waals surface area contributed by atoms with Crippen LogP contribution in [-0.2, 0) is 16.4 Å². The number of rotatable bonds is 6. The zero-order valence-corrected chi connectivity index (χ0v) is 15.3. The molecule has 1 aromatic carbocycles. The molecule has 2 aromatic rings. The maximum absolute atomic E-state index is 12.2. The van der Waals surface area contributed by atoms with Gasteiger partial charge in [-0.25, -0.2) is 13.1 Å². The lowest BCUT2D eigenvalue weighted by atomic mass is 10.1. The van der Waals surface area contributed by atoms with E-state index in [2.05, 4.69) is 20.7 Å². The molecule has 3 nitrogen and oxygen atoms in total. The van der Waals surface area contributed by atoms with Crippen LogP contribution in [0.5, 0.6) is 0 Å². The van der Waals surface area contributed by atoms with Crippen molar-refractivity contribution in [2.24, 2.45) is 0 Å². The summed E-state index contributed by atoms with van der Waals surface area (Å²) in [7, 11) is -3.51. The first-order valence-corrected chi connectivity index (χ1v) is 9.86. The molecule has 0 radical (unpaired) electrons. The van der Waals surface area contributed by atoms with Gasteiger partial charge in [-0.15, -0.1) is 11.3 Å². The Labute approximate surface area is 142 Å². The van der Waals surface area contributed by atoms with Crippen LogP contribution < -0.4 is 4.72 Å². The Morgan fingerprint density at radius 3 is 2.57 bits per heavy atom. The van der Waals surface area contributed by atoms with Crippen LogP contribution in [-0.4, -0.2) is 14.5 Å². The molecule has 0 amide bonds. The number of aryl methyl sites for hydroxylation is 1. The van der Waals surface area contributed by atoms with Crippen LogP contribution in [0.4, 0.5) is 0 Å². The molecule has 1 heterocycles. The van der Waals surface area contributed by atoms with Gasteiger partial charge >= 0.3 is 0 Å². The van der Waals surface area contributed by atoms with Crippen molar-refractivity contribution in [3.63, 3.8) is 0 Å². The molecule has 0 saturated carbocycles. The van der Waals surface area contributed by atoms with Crippen LogP contribution in [0.15, 0.2) is 44.4 Å². The molecule has 0 bridgehead atoms. The molecule has 1 unspecified atom stereocenters. The SMILES string of the molecule is CC(CCc1ccccc1)NS(=O)(=O)c1cc(Cl)c(Br)s1. The van der Waals surface area contributed by atoms with Gasteiger partial charge in [0.25, 0.3) is 0 Å². The zero-order valence-electron chi connectivity index (χ0n) is 11.3. The summed E-state index contributed by atoms with van der Waals surface area (Å²) >= 11 is 10.2. The Bertz CT molecular complexity index is 682. The van der Waals surface area contributed by atoms with Gasteiger partial charge in [0.2, 0.25) is 10.0 Å². The fourth-order valence-corrected chi connectivity index (χ4v) is 5.56. The molecule has 0 aliphatic carbocycles. The highest BCUT2D eigenvalue weighted by molar-refractivity contribution is 9.11. The summed E-state index contributed by atoms with van der Waals surface area (Å²) in [6.07, 6.45) is 1.57. The third kappa shape index (κ3) is 4.79. The molecule has 0 fully saturated rings. The Hall–Kier alpha value is -0.400. The van der Waals surface area contributed by atoms with E-state index in [9.17, 15) is 8.42 Å². The van der Waals surface area contributed by atoms with Crippen molar-refractivity contribution in [2.75, 3.05) is 0 Å². The molecule has 1 N–H and O–H groups in total. The quantitative estimate of drug-likeness (QED) is 0.767. The summed E-state index contributed by atoms with van der Waals surface area (Å²) in [6, 6.07) is 11.3. The van der Waals surface area contributed by atoms with Gasteiger partial charge in [0.15, 0.2) is 0 Å². The predicted octanol–water partition coefficient (Wildman–Crippen LogP) is 4.46. The van der Waals surface area contributed by atoms with Crippen molar-refractivity contribution >= 4 is 48.9 Å². The van der Waals surface area contributed by atoms with Gasteiger partial charge in [0, 0.05) is 6.04 Å². The lowest BCUT2D eigenvalue weighted by Crippen LogP contribution is -2.32. The van der Waals surface area contributed by atoms with Gasteiger partial charge in [0.05, 0.1) is 8.81 Å². The summed E-state index contributed by atoms with van der Waals surface area (Å²) in [4.78, 5) is 0. The number of sulfonamides is 1. The number of nitrogens with one attached hydrogen (secondary N) is 1. The van der Waals surface area contributed by atoms with E-state index < -0.39 is 10.0 Å². The largest absolute Gasteiger partial charge is 0.250 e. The molecule has 1 aromatic heterocycles. The molecule has 1 atom stereocenters. The molecule has 7 heteroatoms. The summed E-state index contributed by atoms with van der Waals surface area (Å²) in [5, 5.41) is 0.414. The Balaban J connectivity index is 1.96. The van der Waals surface area contributed by atoms with E-state index in [0.29, 0.717) is 8.81 Å². The van der Waals surface area contributed by atoms with Crippen molar-refractivity contribution in [1.29, 1.82) is 0 Å². The number of benzene rings is 1. The van der Waals surface area contributed by atoms with Gasteiger partial charge < -0.3 is 0 Å². The number of thiophene rings is 1. The van der Waals surface area contributed by atoms with Gasteiger partial charge in [-0.2, -0.15) is 0 Å². The average Bonchev–Trinajstić information content (AvgIpc) is 2.78. The first-order chi connectivity index (χ1) is 9.88. The molecular weight excluding hydrogens is 394 g/mol. The molecule has 0 spiro atoms. The minimum absolute atomic E-state index is 0.144. The second-order valence-electron chi connectivity index (χ2n) is 4.73. The van der Waals surface area contributed by atoms with Gasteiger partial charge in [-0.3, -0.25) is 0 Å². The third-order valence-electron chi connectivity index (χ3n) is 2.95. The second-order valence-corrected chi connectivity index (χ2v) is 9.45. The van der Waals surface area contributed by atoms with Crippen LogP contribution in [0.2, 0.25) is 5.02 Å². The van der Waals surface area contributed by atoms with Crippen molar-refractivity contribution in [3.05, 3.63) is 50.8 Å². The summed E-state index contributed by atoms with van der Waals surface area (Å²) in [6.45, 7) is 1.87. The van der Waals surface area contributed by atoms with E-state index in [-0.39, 0.29) is 10.3 Å². The Morgan fingerprint density at radius 2 is 2.00 bits per heavy atom. The lowest BCUT2D eigenvalue weighted by molar-refractivity contribution is 0.548. The number of halogens is 2. The van der Waals surface area contributed by atoms with Crippen molar-refractivity contribution in [3.8, 4) is 0 Å². The minimum Gasteiger partial charge on any atom is -0.208 e. The topological polar surface area (TPSA) is 46.2 Å². The molecule has 0 aliphatic heterocycles. The highest BCUT2D eigenvalue weighted by Crippen LogP contribution is 2.34. The summed E-state index contributed by atoms with van der Waals surface area (Å²) in [5.74, 6) is 0. The third-order valence-corrected chi connectivity index (χ3v) is 7.49. The predicted molar refractivity (Wildman–Crippen MR) is 91.6 cm³/mol. The van der Waals surface area contributed by atoms with E-state index in [1.54, 1.807) is 0 Å². The first kappa shape index (κ1) is 17.0.